The van der Waals surface area contributed by atoms with Gasteiger partial charge in [0.05, 0.1) is 6.04 Å². The first-order chi connectivity index (χ1) is 5.90. The van der Waals surface area contributed by atoms with Crippen LogP contribution >= 0.6 is 0 Å². The van der Waals surface area contributed by atoms with E-state index < -0.39 is 0 Å². The molecule has 0 amide bonds. The van der Waals surface area contributed by atoms with Crippen LogP contribution in [0.4, 0.5) is 0 Å². The molecule has 3 nitrogen and oxygen atoms in total. The first kappa shape index (κ1) is 7.80. The standard InChI is InChI=1S/C9H14N2O/c1-2-7-6-9(11-12-7)8-4-3-5-10-8/h6,8,10H,2-5H2,1H3. The fraction of sp³-hybridized carbons (Fsp3) is 0.667. The summed E-state index contributed by atoms with van der Waals surface area (Å²) in [6, 6.07) is 2.50. The zero-order valence-corrected chi connectivity index (χ0v) is 7.34. The van der Waals surface area contributed by atoms with Crippen molar-refractivity contribution in [2.24, 2.45) is 0 Å². The molecule has 0 saturated carbocycles. The van der Waals surface area contributed by atoms with E-state index in [-0.39, 0.29) is 0 Å². The first-order valence-corrected chi connectivity index (χ1v) is 4.59. The molecule has 0 aliphatic carbocycles. The normalized spacial score (nSPS) is 23.2. The summed E-state index contributed by atoms with van der Waals surface area (Å²) < 4.78 is 5.14. The maximum atomic E-state index is 5.14. The van der Waals surface area contributed by atoms with E-state index in [0.717, 1.165) is 24.4 Å². The zero-order chi connectivity index (χ0) is 8.39. The van der Waals surface area contributed by atoms with Crippen molar-refractivity contribution >= 4 is 0 Å². The highest BCUT2D eigenvalue weighted by Crippen LogP contribution is 2.22. The van der Waals surface area contributed by atoms with Crippen LogP contribution in [0.25, 0.3) is 0 Å². The second-order valence-electron chi connectivity index (χ2n) is 3.22. The lowest BCUT2D eigenvalue weighted by molar-refractivity contribution is 0.373. The summed E-state index contributed by atoms with van der Waals surface area (Å²) in [5.41, 5.74) is 1.07. The number of nitrogens with zero attached hydrogens (tertiary/aromatic N) is 1. The van der Waals surface area contributed by atoms with Gasteiger partial charge < -0.3 is 9.84 Å². The van der Waals surface area contributed by atoms with E-state index in [1.165, 1.54) is 12.8 Å². The summed E-state index contributed by atoms with van der Waals surface area (Å²) in [7, 11) is 0. The van der Waals surface area contributed by atoms with E-state index in [9.17, 15) is 0 Å². The molecule has 1 N–H and O–H groups in total. The number of hydrogen-bond donors (Lipinski definition) is 1. The summed E-state index contributed by atoms with van der Waals surface area (Å²) in [4.78, 5) is 0. The van der Waals surface area contributed by atoms with Crippen molar-refractivity contribution in [3.63, 3.8) is 0 Å². The highest BCUT2D eigenvalue weighted by atomic mass is 16.5. The van der Waals surface area contributed by atoms with Gasteiger partial charge in [0.1, 0.15) is 11.5 Å². The molecule has 1 saturated heterocycles. The van der Waals surface area contributed by atoms with Crippen molar-refractivity contribution in [3.05, 3.63) is 17.5 Å². The maximum Gasteiger partial charge on any atom is 0.136 e. The molecule has 2 heterocycles. The highest BCUT2D eigenvalue weighted by Gasteiger charge is 2.19. The van der Waals surface area contributed by atoms with Gasteiger partial charge in [-0.15, -0.1) is 0 Å². The van der Waals surface area contributed by atoms with Gasteiger partial charge in [-0.1, -0.05) is 12.1 Å². The lowest BCUT2D eigenvalue weighted by atomic mass is 10.1. The Balaban J connectivity index is 2.11. The topological polar surface area (TPSA) is 38.1 Å². The third-order valence-corrected chi connectivity index (χ3v) is 2.34. The lowest BCUT2D eigenvalue weighted by Crippen LogP contribution is -2.12. The molecular weight excluding hydrogens is 152 g/mol. The van der Waals surface area contributed by atoms with Crippen molar-refractivity contribution in [1.82, 2.24) is 10.5 Å². The van der Waals surface area contributed by atoms with Crippen LogP contribution < -0.4 is 5.32 Å². The van der Waals surface area contributed by atoms with Gasteiger partial charge in [0.2, 0.25) is 0 Å². The molecule has 12 heavy (non-hydrogen) atoms. The zero-order valence-electron chi connectivity index (χ0n) is 7.34. The average Bonchev–Trinajstić information content (AvgIpc) is 2.75. The predicted molar refractivity (Wildman–Crippen MR) is 45.9 cm³/mol. The molecule has 1 aromatic rings. The van der Waals surface area contributed by atoms with E-state index in [4.69, 9.17) is 4.52 Å². The minimum absolute atomic E-state index is 0.439. The molecule has 1 fully saturated rings. The van der Waals surface area contributed by atoms with Gasteiger partial charge in [-0.3, -0.25) is 0 Å². The van der Waals surface area contributed by atoms with E-state index in [1.54, 1.807) is 0 Å². The summed E-state index contributed by atoms with van der Waals surface area (Å²) in [6.07, 6.45) is 3.37. The summed E-state index contributed by atoms with van der Waals surface area (Å²) in [5, 5.41) is 7.42. The van der Waals surface area contributed by atoms with Crippen LogP contribution in [0, 0.1) is 0 Å². The molecule has 1 aliphatic heterocycles. The predicted octanol–water partition coefficient (Wildman–Crippen LogP) is 1.66. The van der Waals surface area contributed by atoms with Crippen LogP contribution in [0.5, 0.6) is 0 Å². The smallest absolute Gasteiger partial charge is 0.136 e. The average molecular weight is 166 g/mol. The SMILES string of the molecule is CCc1cc(C2CCCN2)no1. The number of rotatable bonds is 2. The molecule has 2 rings (SSSR count). The summed E-state index contributed by atoms with van der Waals surface area (Å²) in [6.45, 7) is 3.19. The molecule has 3 heteroatoms. The van der Waals surface area contributed by atoms with E-state index in [2.05, 4.69) is 23.5 Å². The van der Waals surface area contributed by atoms with Gasteiger partial charge in [0, 0.05) is 12.5 Å². The Hall–Kier alpha value is -0.830. The molecule has 1 atom stereocenters. The van der Waals surface area contributed by atoms with Crippen molar-refractivity contribution in [2.45, 2.75) is 32.2 Å². The third kappa shape index (κ3) is 1.37. The number of aromatic nitrogens is 1. The van der Waals surface area contributed by atoms with E-state index in [1.807, 2.05) is 0 Å². The van der Waals surface area contributed by atoms with Crippen LogP contribution in [-0.2, 0) is 6.42 Å². The number of aryl methyl sites for hydroxylation is 1. The van der Waals surface area contributed by atoms with Gasteiger partial charge in [-0.2, -0.15) is 0 Å². The maximum absolute atomic E-state index is 5.14. The minimum atomic E-state index is 0.439. The lowest BCUT2D eigenvalue weighted by Gasteiger charge is -2.02. The minimum Gasteiger partial charge on any atom is -0.361 e. The molecule has 0 bridgehead atoms. The van der Waals surface area contributed by atoms with Crippen LogP contribution in [0.15, 0.2) is 10.6 Å². The van der Waals surface area contributed by atoms with Crippen LogP contribution in [0.3, 0.4) is 0 Å². The van der Waals surface area contributed by atoms with Crippen molar-refractivity contribution in [3.8, 4) is 0 Å². The molecule has 1 aliphatic rings. The van der Waals surface area contributed by atoms with Crippen molar-refractivity contribution < 1.29 is 4.52 Å². The molecule has 0 radical (unpaired) electrons. The molecule has 1 unspecified atom stereocenters. The molecule has 1 aromatic heterocycles. The summed E-state index contributed by atoms with van der Waals surface area (Å²) in [5.74, 6) is 0.985. The second-order valence-corrected chi connectivity index (χ2v) is 3.22. The highest BCUT2D eigenvalue weighted by molar-refractivity contribution is 5.10. The second kappa shape index (κ2) is 3.27. The number of hydrogen-bond acceptors (Lipinski definition) is 3. The Morgan fingerprint density at radius 3 is 3.25 bits per heavy atom. The van der Waals surface area contributed by atoms with Gasteiger partial charge in [-0.05, 0) is 19.4 Å². The van der Waals surface area contributed by atoms with Crippen molar-refractivity contribution in [1.29, 1.82) is 0 Å². The van der Waals surface area contributed by atoms with Gasteiger partial charge in [0.15, 0.2) is 0 Å². The van der Waals surface area contributed by atoms with Gasteiger partial charge in [-0.25, -0.2) is 0 Å². The molecule has 0 aromatic carbocycles. The first-order valence-electron chi connectivity index (χ1n) is 4.59. The fourth-order valence-electron chi connectivity index (χ4n) is 1.60. The Bertz CT molecular complexity index is 251. The van der Waals surface area contributed by atoms with Gasteiger partial charge in [0.25, 0.3) is 0 Å². The molecular formula is C9H14N2O. The largest absolute Gasteiger partial charge is 0.361 e. The summed E-state index contributed by atoms with van der Waals surface area (Å²) >= 11 is 0. The Morgan fingerprint density at radius 2 is 2.67 bits per heavy atom. The molecule has 66 valence electrons. The molecule has 0 spiro atoms. The van der Waals surface area contributed by atoms with Crippen LogP contribution in [0.1, 0.15) is 37.3 Å². The Morgan fingerprint density at radius 1 is 1.75 bits per heavy atom. The van der Waals surface area contributed by atoms with Crippen molar-refractivity contribution in [2.75, 3.05) is 6.54 Å². The van der Waals surface area contributed by atoms with Gasteiger partial charge >= 0.3 is 0 Å². The van der Waals surface area contributed by atoms with E-state index >= 15 is 0 Å². The quantitative estimate of drug-likeness (QED) is 0.726. The van der Waals surface area contributed by atoms with Crippen LogP contribution in [-0.4, -0.2) is 11.7 Å². The monoisotopic (exact) mass is 166 g/mol. The van der Waals surface area contributed by atoms with E-state index in [0.29, 0.717) is 6.04 Å². The third-order valence-electron chi connectivity index (χ3n) is 2.34. The Labute approximate surface area is 72.1 Å². The number of nitrogens with one attached hydrogen (secondary N) is 1. The van der Waals surface area contributed by atoms with Crippen LogP contribution in [0.2, 0.25) is 0 Å². The Kier molecular flexibility index (Phi) is 2.13. The fourth-order valence-corrected chi connectivity index (χ4v) is 1.60.